The molecule has 1 aromatic rings. The second kappa shape index (κ2) is 7.41. The van der Waals surface area contributed by atoms with Crippen LogP contribution in [0.1, 0.15) is 23.1 Å². The fraction of sp³-hybridized carbons (Fsp3) is 0.571. The van der Waals surface area contributed by atoms with Crippen molar-refractivity contribution < 1.29 is 24.4 Å². The van der Waals surface area contributed by atoms with Crippen LogP contribution in [0.4, 0.5) is 5.69 Å². The van der Waals surface area contributed by atoms with E-state index in [1.807, 2.05) is 37.6 Å². The van der Waals surface area contributed by atoms with Crippen molar-refractivity contribution in [3.63, 3.8) is 0 Å². The van der Waals surface area contributed by atoms with Gasteiger partial charge in [0.2, 0.25) is 17.4 Å². The Morgan fingerprint density at radius 2 is 2.00 bits per heavy atom. The van der Waals surface area contributed by atoms with Gasteiger partial charge in [-0.3, -0.25) is 19.3 Å². The van der Waals surface area contributed by atoms with E-state index in [4.69, 9.17) is 4.74 Å². The summed E-state index contributed by atoms with van der Waals surface area (Å²) in [6.07, 6.45) is 2.80. The minimum absolute atomic E-state index is 0.102. The molecular formula is C21H28N3O4S+. The van der Waals surface area contributed by atoms with E-state index in [0.717, 1.165) is 34.6 Å². The minimum atomic E-state index is -1.07. The van der Waals surface area contributed by atoms with E-state index in [1.54, 1.807) is 18.9 Å². The standard InChI is InChI=1S/C21H27N3O4S/c1-11-5-6-13-17(12(11)2)22-20(27)21(13)16-15(14(23-21)7-10-29-4)18(25)24(19(16)26)8-9-28-3/h5-6,14-16,23H,7-10H2,1-4H3,(H,22,27)/p+1/t14-,15-,16+,21-/m1/s1. The van der Waals surface area contributed by atoms with Crippen LogP contribution in [-0.4, -0.2) is 60.9 Å². The highest BCUT2D eigenvalue weighted by Gasteiger charge is 2.74. The molecule has 3 aliphatic heterocycles. The second-order valence-corrected chi connectivity index (χ2v) is 9.18. The van der Waals surface area contributed by atoms with Crippen molar-refractivity contribution in [3.8, 4) is 0 Å². The van der Waals surface area contributed by atoms with Crippen molar-refractivity contribution in [1.29, 1.82) is 0 Å². The van der Waals surface area contributed by atoms with Crippen LogP contribution in [0.5, 0.6) is 0 Å². The first kappa shape index (κ1) is 20.4. The first-order chi connectivity index (χ1) is 13.9. The number of aryl methyl sites for hydroxylation is 1. The van der Waals surface area contributed by atoms with Gasteiger partial charge in [0.25, 0.3) is 5.91 Å². The van der Waals surface area contributed by atoms with Crippen LogP contribution in [0.25, 0.3) is 0 Å². The van der Waals surface area contributed by atoms with Crippen molar-refractivity contribution in [2.45, 2.75) is 31.8 Å². The molecule has 29 heavy (non-hydrogen) atoms. The monoisotopic (exact) mass is 418 g/mol. The molecule has 2 fully saturated rings. The molecule has 0 saturated carbocycles. The number of nitrogens with two attached hydrogens (primary N) is 1. The highest BCUT2D eigenvalue weighted by atomic mass is 32.2. The van der Waals surface area contributed by atoms with Gasteiger partial charge in [-0.2, -0.15) is 11.8 Å². The smallest absolute Gasteiger partial charge is 0.291 e. The van der Waals surface area contributed by atoms with Crippen LogP contribution >= 0.6 is 11.8 Å². The molecule has 4 rings (SSSR count). The lowest BCUT2D eigenvalue weighted by Crippen LogP contribution is -2.99. The van der Waals surface area contributed by atoms with E-state index >= 15 is 0 Å². The number of fused-ring (bicyclic) bond motifs is 4. The van der Waals surface area contributed by atoms with Gasteiger partial charge in [-0.15, -0.1) is 0 Å². The fourth-order valence-corrected chi connectivity index (χ4v) is 5.77. The lowest BCUT2D eigenvalue weighted by molar-refractivity contribution is -0.733. The van der Waals surface area contributed by atoms with Crippen LogP contribution < -0.4 is 10.6 Å². The van der Waals surface area contributed by atoms with Crippen LogP contribution in [0, 0.1) is 25.7 Å². The number of amides is 3. The summed E-state index contributed by atoms with van der Waals surface area (Å²) in [5.41, 5.74) is 2.66. The summed E-state index contributed by atoms with van der Waals surface area (Å²) < 4.78 is 5.10. The molecule has 1 spiro atoms. The Hall–Kier alpha value is -1.90. The number of methoxy groups -OCH3 is 1. The van der Waals surface area contributed by atoms with Gasteiger partial charge in [0.1, 0.15) is 17.9 Å². The number of carbonyl (C=O) groups excluding carboxylic acids is 3. The van der Waals surface area contributed by atoms with Gasteiger partial charge in [0.05, 0.1) is 18.8 Å². The number of benzene rings is 1. The van der Waals surface area contributed by atoms with E-state index in [9.17, 15) is 14.4 Å². The number of thioether (sulfide) groups is 1. The average Bonchev–Trinajstić information content (AvgIpc) is 3.27. The van der Waals surface area contributed by atoms with Crippen molar-refractivity contribution in [2.75, 3.05) is 37.6 Å². The van der Waals surface area contributed by atoms with E-state index in [0.29, 0.717) is 6.61 Å². The number of imide groups is 1. The Morgan fingerprint density at radius 1 is 1.24 bits per heavy atom. The third kappa shape index (κ3) is 2.76. The Morgan fingerprint density at radius 3 is 2.69 bits per heavy atom. The van der Waals surface area contributed by atoms with Crippen molar-refractivity contribution in [2.24, 2.45) is 11.8 Å². The van der Waals surface area contributed by atoms with Crippen molar-refractivity contribution in [1.82, 2.24) is 4.90 Å². The molecule has 3 aliphatic rings. The number of rotatable bonds is 6. The number of quaternary nitrogens is 1. The Bertz CT molecular complexity index is 889. The molecule has 0 bridgehead atoms. The van der Waals surface area contributed by atoms with Crippen LogP contribution in [0.15, 0.2) is 12.1 Å². The first-order valence-corrected chi connectivity index (χ1v) is 11.4. The van der Waals surface area contributed by atoms with Gasteiger partial charge >= 0.3 is 0 Å². The molecular weight excluding hydrogens is 390 g/mol. The van der Waals surface area contributed by atoms with Crippen molar-refractivity contribution in [3.05, 3.63) is 28.8 Å². The molecule has 8 heteroatoms. The van der Waals surface area contributed by atoms with Gasteiger partial charge in [0.15, 0.2) is 0 Å². The maximum Gasteiger partial charge on any atom is 0.291 e. The third-order valence-electron chi connectivity index (χ3n) is 6.84. The average molecular weight is 419 g/mol. The first-order valence-electron chi connectivity index (χ1n) is 9.99. The number of nitrogens with zero attached hydrogens (tertiary/aromatic N) is 1. The van der Waals surface area contributed by atoms with Gasteiger partial charge in [0, 0.05) is 19.1 Å². The molecule has 0 aromatic heterocycles. The molecule has 0 radical (unpaired) electrons. The zero-order valence-corrected chi connectivity index (χ0v) is 18.1. The predicted molar refractivity (Wildman–Crippen MR) is 111 cm³/mol. The molecule has 1 aromatic carbocycles. The Kier molecular flexibility index (Phi) is 5.21. The fourth-order valence-electron chi connectivity index (χ4n) is 5.26. The number of likely N-dealkylation sites (tertiary alicyclic amines) is 1. The van der Waals surface area contributed by atoms with E-state index < -0.39 is 17.4 Å². The predicted octanol–water partition coefficient (Wildman–Crippen LogP) is 0.397. The van der Waals surface area contributed by atoms with E-state index in [1.165, 1.54) is 4.90 Å². The van der Waals surface area contributed by atoms with Crippen LogP contribution in [0.2, 0.25) is 0 Å². The lowest BCUT2D eigenvalue weighted by Gasteiger charge is -2.26. The summed E-state index contributed by atoms with van der Waals surface area (Å²) in [5.74, 6) is -0.881. The molecule has 3 amide bonds. The Labute approximate surface area is 174 Å². The summed E-state index contributed by atoms with van der Waals surface area (Å²) in [7, 11) is 1.55. The largest absolute Gasteiger partial charge is 0.383 e. The molecule has 7 nitrogen and oxygen atoms in total. The zero-order chi connectivity index (χ0) is 20.9. The van der Waals surface area contributed by atoms with E-state index in [2.05, 4.69) is 5.32 Å². The molecule has 0 unspecified atom stereocenters. The second-order valence-electron chi connectivity index (χ2n) is 8.19. The third-order valence-corrected chi connectivity index (χ3v) is 7.49. The van der Waals surface area contributed by atoms with Crippen molar-refractivity contribution >= 4 is 35.2 Å². The lowest BCUT2D eigenvalue weighted by atomic mass is 9.76. The molecule has 2 saturated heterocycles. The Balaban J connectivity index is 1.83. The SMILES string of the molecule is COCCN1C(=O)[C@H]2[C@@H](C1=O)[C@@]1([NH2+][C@@H]2CCSC)C(=O)Nc2c1ccc(C)c2C. The number of anilines is 1. The van der Waals surface area contributed by atoms with Gasteiger partial charge in [-0.1, -0.05) is 6.07 Å². The molecule has 0 aliphatic carbocycles. The quantitative estimate of drug-likeness (QED) is 0.653. The van der Waals surface area contributed by atoms with Gasteiger partial charge in [-0.25, -0.2) is 0 Å². The number of hydrogen-bond donors (Lipinski definition) is 2. The highest BCUT2D eigenvalue weighted by molar-refractivity contribution is 7.98. The molecule has 156 valence electrons. The summed E-state index contributed by atoms with van der Waals surface area (Å²) in [6, 6.07) is 3.85. The molecule has 3 N–H and O–H groups in total. The molecule has 3 heterocycles. The van der Waals surface area contributed by atoms with Crippen LogP contribution in [0.3, 0.4) is 0 Å². The van der Waals surface area contributed by atoms with Gasteiger partial charge in [-0.05, 0) is 43.0 Å². The zero-order valence-electron chi connectivity index (χ0n) is 17.3. The number of ether oxygens (including phenoxy) is 1. The normalized spacial score (nSPS) is 30.3. The van der Waals surface area contributed by atoms with Gasteiger partial charge < -0.3 is 15.4 Å². The molecule has 4 atom stereocenters. The minimum Gasteiger partial charge on any atom is -0.383 e. The van der Waals surface area contributed by atoms with E-state index in [-0.39, 0.29) is 30.3 Å². The maximum atomic E-state index is 13.4. The number of nitrogens with one attached hydrogen (secondary N) is 1. The number of hydrogen-bond acceptors (Lipinski definition) is 5. The van der Waals surface area contributed by atoms with Crippen LogP contribution in [-0.2, 0) is 24.7 Å². The summed E-state index contributed by atoms with van der Waals surface area (Å²) in [5, 5.41) is 5.05. The summed E-state index contributed by atoms with van der Waals surface area (Å²) >= 11 is 1.71. The summed E-state index contributed by atoms with van der Waals surface area (Å²) in [6.45, 7) is 4.52. The maximum absolute atomic E-state index is 13.4. The topological polar surface area (TPSA) is 92.3 Å². The highest BCUT2D eigenvalue weighted by Crippen LogP contribution is 2.50. The summed E-state index contributed by atoms with van der Waals surface area (Å²) in [4.78, 5) is 41.4. The number of carbonyl (C=O) groups is 3.